The number of rotatable bonds is 6. The molecule has 2 heterocycles. The fraction of sp³-hybridized carbons (Fsp3) is 0.556. The molecule has 1 aliphatic heterocycles. The Morgan fingerprint density at radius 3 is 2.48 bits per heavy atom. The molecule has 46 heavy (non-hydrogen) atoms. The van der Waals surface area contributed by atoms with Crippen molar-refractivity contribution in [1.29, 1.82) is 0 Å². The van der Waals surface area contributed by atoms with Gasteiger partial charge in [0.25, 0.3) is 0 Å². The predicted molar refractivity (Wildman–Crippen MR) is 185 cm³/mol. The van der Waals surface area contributed by atoms with Crippen molar-refractivity contribution in [3.05, 3.63) is 75.3 Å². The molecule has 254 valence electrons. The molecule has 2 rings (SSSR count). The summed E-state index contributed by atoms with van der Waals surface area (Å²) >= 11 is 1.49. The number of hydrogen-bond acceptors (Lipinski definition) is 9. The first-order valence-electron chi connectivity index (χ1n) is 15.8. The molecule has 0 unspecified atom stereocenters. The molecular formula is C36H53N3O6S. The molecule has 1 amide bonds. The van der Waals surface area contributed by atoms with Gasteiger partial charge in [0.1, 0.15) is 17.8 Å². The standard InChI is InChI=1S/C36H53N3O6S/c1-24(16-17-39(9)10)14-15-26(3)19-30-22-32-38-31(23-46-32)27(4)20-29(37-35(42)45-36(6,7)8)21-34(41)43-28(5)18-25(2)12-11-13-33(40)44-30/h11-16,19,23,27-30H,17-18,20-22H2,1-10H3,(H,37,42)/b13-11-,15-14+,24-16+,25-12+,26-19+/t27-,28-,29+,30+/m0/s1. The molecule has 4 atom stereocenters. The van der Waals surface area contributed by atoms with Crippen molar-refractivity contribution >= 4 is 29.4 Å². The van der Waals surface area contributed by atoms with E-state index in [2.05, 4.69) is 29.3 Å². The van der Waals surface area contributed by atoms with Crippen molar-refractivity contribution in [3.8, 4) is 0 Å². The lowest BCUT2D eigenvalue weighted by molar-refractivity contribution is -0.148. The molecule has 10 heteroatoms. The third kappa shape index (κ3) is 16.2. The van der Waals surface area contributed by atoms with Crippen molar-refractivity contribution in [2.75, 3.05) is 20.6 Å². The molecule has 1 N–H and O–H groups in total. The van der Waals surface area contributed by atoms with E-state index in [1.807, 2.05) is 65.4 Å². The van der Waals surface area contributed by atoms with Gasteiger partial charge in [-0.2, -0.15) is 0 Å². The third-order valence-electron chi connectivity index (χ3n) is 6.88. The number of carbonyl (C=O) groups excluding carboxylic acids is 3. The van der Waals surface area contributed by atoms with E-state index in [9.17, 15) is 14.4 Å². The summed E-state index contributed by atoms with van der Waals surface area (Å²) in [4.78, 5) is 45.4. The van der Waals surface area contributed by atoms with Gasteiger partial charge in [0.15, 0.2) is 0 Å². The van der Waals surface area contributed by atoms with Crippen LogP contribution in [0, 0.1) is 0 Å². The molecule has 2 bridgehead atoms. The molecule has 0 saturated heterocycles. The van der Waals surface area contributed by atoms with Crippen LogP contribution in [0.1, 0.15) is 91.3 Å². The first-order valence-corrected chi connectivity index (χ1v) is 16.7. The van der Waals surface area contributed by atoms with Crippen molar-refractivity contribution in [2.45, 2.75) is 111 Å². The molecule has 9 nitrogen and oxygen atoms in total. The van der Waals surface area contributed by atoms with Gasteiger partial charge in [-0.05, 0) is 75.1 Å². The maximum atomic E-state index is 12.9. The monoisotopic (exact) mass is 655 g/mol. The van der Waals surface area contributed by atoms with Gasteiger partial charge in [-0.3, -0.25) is 4.79 Å². The molecule has 1 aromatic rings. The Morgan fingerprint density at radius 1 is 1.11 bits per heavy atom. The Kier molecular flexibility index (Phi) is 15.6. The second kappa shape index (κ2) is 18.6. The van der Waals surface area contributed by atoms with Crippen LogP contribution in [-0.4, -0.2) is 72.4 Å². The fourth-order valence-corrected chi connectivity index (χ4v) is 5.65. The van der Waals surface area contributed by atoms with E-state index in [1.165, 1.54) is 17.4 Å². The van der Waals surface area contributed by atoms with Gasteiger partial charge in [0, 0.05) is 42.8 Å². The lowest BCUT2D eigenvalue weighted by Crippen LogP contribution is -2.41. The normalized spacial score (nSPS) is 25.1. The number of ether oxygens (including phenoxy) is 3. The summed E-state index contributed by atoms with van der Waals surface area (Å²) in [5.41, 5.74) is 3.20. The predicted octanol–water partition coefficient (Wildman–Crippen LogP) is 7.22. The van der Waals surface area contributed by atoms with Crippen LogP contribution >= 0.6 is 11.3 Å². The van der Waals surface area contributed by atoms with Crippen LogP contribution in [0.5, 0.6) is 0 Å². The summed E-state index contributed by atoms with van der Waals surface area (Å²) in [6, 6.07) is -0.516. The zero-order valence-electron chi connectivity index (χ0n) is 29.2. The highest BCUT2D eigenvalue weighted by molar-refractivity contribution is 7.09. The number of nitrogens with zero attached hydrogens (tertiary/aromatic N) is 2. The smallest absolute Gasteiger partial charge is 0.407 e. The molecule has 1 aromatic heterocycles. The minimum absolute atomic E-state index is 0.000600. The van der Waals surface area contributed by atoms with E-state index >= 15 is 0 Å². The Bertz CT molecular complexity index is 1330. The minimum Gasteiger partial charge on any atom is -0.462 e. The van der Waals surface area contributed by atoms with Gasteiger partial charge >= 0.3 is 18.0 Å². The van der Waals surface area contributed by atoms with Crippen molar-refractivity contribution in [1.82, 2.24) is 15.2 Å². The van der Waals surface area contributed by atoms with Gasteiger partial charge in [0.05, 0.1) is 17.1 Å². The average Bonchev–Trinajstić information content (AvgIpc) is 3.37. The van der Waals surface area contributed by atoms with Crippen LogP contribution in [0.3, 0.4) is 0 Å². The van der Waals surface area contributed by atoms with E-state index in [1.54, 1.807) is 26.8 Å². The molecular weight excluding hydrogens is 602 g/mol. The molecule has 0 aliphatic carbocycles. The second-order valence-corrected chi connectivity index (χ2v) is 14.3. The number of hydrogen-bond donors (Lipinski definition) is 1. The molecule has 0 saturated carbocycles. The molecule has 0 fully saturated rings. The maximum Gasteiger partial charge on any atom is 0.407 e. The fourth-order valence-electron chi connectivity index (χ4n) is 4.69. The number of nitrogens with one attached hydrogen (secondary N) is 1. The van der Waals surface area contributed by atoms with Crippen molar-refractivity contribution in [3.63, 3.8) is 0 Å². The first-order chi connectivity index (χ1) is 21.5. The number of amides is 1. The summed E-state index contributed by atoms with van der Waals surface area (Å²) < 4.78 is 17.0. The second-order valence-electron chi connectivity index (χ2n) is 13.4. The number of alkyl carbamates (subject to hydrolysis) is 1. The summed E-state index contributed by atoms with van der Waals surface area (Å²) in [5.74, 6) is -0.946. The Morgan fingerprint density at radius 2 is 1.80 bits per heavy atom. The molecule has 1 aliphatic rings. The van der Waals surface area contributed by atoms with Crippen LogP contribution in [0.25, 0.3) is 0 Å². The quantitative estimate of drug-likeness (QED) is 0.195. The summed E-state index contributed by atoms with van der Waals surface area (Å²) in [7, 11) is 4.05. The van der Waals surface area contributed by atoms with Gasteiger partial charge < -0.3 is 24.4 Å². The Labute approximate surface area is 279 Å². The molecule has 0 radical (unpaired) electrons. The number of esters is 2. The Hall–Kier alpha value is -3.50. The highest BCUT2D eigenvalue weighted by Gasteiger charge is 2.26. The van der Waals surface area contributed by atoms with E-state index < -0.39 is 41.9 Å². The van der Waals surface area contributed by atoms with Crippen LogP contribution < -0.4 is 5.32 Å². The SMILES string of the molecule is CC(/C=C/C(C)=C/[C@@H]1Cc2nc(cs2)[C@@H](C)C[C@@H](NC(=O)OC(C)(C)C)CC(=O)O[C@@H](C)C/C(C)=C/C=C\C(=O)O1)=C\CN(C)C. The highest BCUT2D eigenvalue weighted by atomic mass is 32.1. The number of aromatic nitrogens is 1. The first kappa shape index (κ1) is 38.7. The number of allylic oxidation sites excluding steroid dienone is 6. The van der Waals surface area contributed by atoms with Crippen LogP contribution in [-0.2, 0) is 30.2 Å². The summed E-state index contributed by atoms with van der Waals surface area (Å²) in [5, 5.41) is 5.66. The van der Waals surface area contributed by atoms with Gasteiger partial charge in [0.2, 0.25) is 0 Å². The number of carbonyl (C=O) groups is 3. The number of fused-ring (bicyclic) bond motifs is 2. The number of thiazole rings is 1. The zero-order chi connectivity index (χ0) is 34.4. The van der Waals surface area contributed by atoms with Crippen LogP contribution in [0.2, 0.25) is 0 Å². The number of likely N-dealkylation sites (N-methyl/N-ethyl adjacent to an activating group) is 1. The van der Waals surface area contributed by atoms with E-state index in [0.717, 1.165) is 34.0 Å². The lowest BCUT2D eigenvalue weighted by Gasteiger charge is -2.25. The van der Waals surface area contributed by atoms with Crippen LogP contribution in [0.15, 0.2) is 64.6 Å². The molecule has 0 spiro atoms. The summed E-state index contributed by atoms with van der Waals surface area (Å²) in [6.45, 7) is 16.0. The van der Waals surface area contributed by atoms with Crippen molar-refractivity contribution < 1.29 is 28.6 Å². The third-order valence-corrected chi connectivity index (χ3v) is 7.77. The molecule has 0 aromatic carbocycles. The van der Waals surface area contributed by atoms with E-state index in [-0.39, 0.29) is 12.3 Å². The van der Waals surface area contributed by atoms with Gasteiger partial charge in [-0.25, -0.2) is 14.6 Å². The van der Waals surface area contributed by atoms with Crippen molar-refractivity contribution in [2.24, 2.45) is 0 Å². The topological polar surface area (TPSA) is 107 Å². The largest absolute Gasteiger partial charge is 0.462 e. The minimum atomic E-state index is -0.675. The van der Waals surface area contributed by atoms with Gasteiger partial charge in [-0.1, -0.05) is 54.0 Å². The van der Waals surface area contributed by atoms with Crippen LogP contribution in [0.4, 0.5) is 4.79 Å². The van der Waals surface area contributed by atoms with E-state index in [4.69, 9.17) is 19.2 Å². The maximum absolute atomic E-state index is 12.9. The van der Waals surface area contributed by atoms with E-state index in [0.29, 0.717) is 19.3 Å². The lowest BCUT2D eigenvalue weighted by atomic mass is 9.97. The zero-order valence-corrected chi connectivity index (χ0v) is 30.0. The average molecular weight is 656 g/mol. The highest BCUT2D eigenvalue weighted by Crippen LogP contribution is 2.26. The Balaban J connectivity index is 2.38. The summed E-state index contributed by atoms with van der Waals surface area (Å²) in [6.07, 6.45) is 12.9. The van der Waals surface area contributed by atoms with Gasteiger partial charge in [-0.15, -0.1) is 11.3 Å². The number of cyclic esters (lactones) is 2.